The Kier molecular flexibility index (Phi) is 4.11. The van der Waals surface area contributed by atoms with Gasteiger partial charge in [-0.3, -0.25) is 0 Å². The molecule has 1 aromatic heterocycles. The molecule has 0 aliphatic carbocycles. The minimum absolute atomic E-state index is 0.148. The Morgan fingerprint density at radius 3 is 2.38 bits per heavy atom. The van der Waals surface area contributed by atoms with Crippen LogP contribution < -0.4 is 0 Å². The summed E-state index contributed by atoms with van der Waals surface area (Å²) in [5, 5.41) is 0.630. The number of hydrogen-bond donors (Lipinski definition) is 0. The maximum absolute atomic E-state index is 12.9. The third kappa shape index (κ3) is 2.57. The third-order valence-corrected chi connectivity index (χ3v) is 5.77. The molecule has 3 rings (SSSR count). The lowest BCUT2D eigenvalue weighted by atomic mass is 10.1. The van der Waals surface area contributed by atoms with Crippen molar-refractivity contribution in [2.24, 2.45) is 0 Å². The minimum atomic E-state index is -3.78. The fourth-order valence-electron chi connectivity index (χ4n) is 2.51. The molecule has 0 fully saturated rings. The molecule has 0 aliphatic rings. The molecule has 3 aromatic rings. The SMILES string of the molecule is COC(=O)c1c(Cl)ccc2c1ccn2S(=O)(=O)c1ccc(C)cc1. The maximum atomic E-state index is 12.9. The van der Waals surface area contributed by atoms with Crippen LogP contribution in [0.1, 0.15) is 15.9 Å². The lowest BCUT2D eigenvalue weighted by Gasteiger charge is -2.09. The zero-order valence-electron chi connectivity index (χ0n) is 13.0. The molecule has 124 valence electrons. The van der Waals surface area contributed by atoms with E-state index in [2.05, 4.69) is 0 Å². The van der Waals surface area contributed by atoms with Crippen LogP contribution in [0.4, 0.5) is 0 Å². The van der Waals surface area contributed by atoms with Gasteiger partial charge in [-0.15, -0.1) is 0 Å². The van der Waals surface area contributed by atoms with E-state index < -0.39 is 16.0 Å². The average Bonchev–Trinajstić information content (AvgIpc) is 2.99. The van der Waals surface area contributed by atoms with E-state index in [9.17, 15) is 13.2 Å². The highest BCUT2D eigenvalue weighted by atomic mass is 35.5. The van der Waals surface area contributed by atoms with E-state index >= 15 is 0 Å². The van der Waals surface area contributed by atoms with Crippen molar-refractivity contribution in [3.63, 3.8) is 0 Å². The summed E-state index contributed by atoms with van der Waals surface area (Å²) < 4.78 is 31.6. The lowest BCUT2D eigenvalue weighted by Crippen LogP contribution is -2.12. The topological polar surface area (TPSA) is 65.4 Å². The second kappa shape index (κ2) is 5.96. The van der Waals surface area contributed by atoms with Gasteiger partial charge >= 0.3 is 5.97 Å². The van der Waals surface area contributed by atoms with Gasteiger partial charge in [0, 0.05) is 11.6 Å². The molecule has 5 nitrogen and oxygen atoms in total. The number of methoxy groups -OCH3 is 1. The van der Waals surface area contributed by atoms with Crippen LogP contribution in [0.5, 0.6) is 0 Å². The summed E-state index contributed by atoms with van der Waals surface area (Å²) in [7, 11) is -2.53. The predicted octanol–water partition coefficient (Wildman–Crippen LogP) is 3.63. The highest BCUT2D eigenvalue weighted by molar-refractivity contribution is 7.90. The van der Waals surface area contributed by atoms with Crippen LogP contribution in [0.2, 0.25) is 5.02 Å². The molecule has 0 amide bonds. The molecule has 0 bridgehead atoms. The van der Waals surface area contributed by atoms with Crippen molar-refractivity contribution in [1.29, 1.82) is 0 Å². The first-order chi connectivity index (χ1) is 11.4. The van der Waals surface area contributed by atoms with Gasteiger partial charge in [0.25, 0.3) is 10.0 Å². The van der Waals surface area contributed by atoms with Crippen LogP contribution >= 0.6 is 11.6 Å². The van der Waals surface area contributed by atoms with Crippen LogP contribution in [-0.4, -0.2) is 25.5 Å². The highest BCUT2D eigenvalue weighted by Crippen LogP contribution is 2.30. The van der Waals surface area contributed by atoms with E-state index in [1.807, 2.05) is 6.92 Å². The summed E-state index contributed by atoms with van der Waals surface area (Å²) in [6.07, 6.45) is 1.41. The Balaban J connectivity index is 2.25. The Hall–Kier alpha value is -2.31. The molecule has 0 aliphatic heterocycles. The highest BCUT2D eigenvalue weighted by Gasteiger charge is 2.22. The zero-order chi connectivity index (χ0) is 17.5. The molecular formula is C17H14ClNO4S. The van der Waals surface area contributed by atoms with Gasteiger partial charge in [0.05, 0.1) is 28.1 Å². The van der Waals surface area contributed by atoms with E-state index in [0.717, 1.165) is 9.54 Å². The second-order valence-electron chi connectivity index (χ2n) is 5.28. The number of hydrogen-bond acceptors (Lipinski definition) is 4. The van der Waals surface area contributed by atoms with E-state index in [0.29, 0.717) is 10.9 Å². The number of aromatic nitrogens is 1. The van der Waals surface area contributed by atoms with E-state index in [-0.39, 0.29) is 15.5 Å². The summed E-state index contributed by atoms with van der Waals surface area (Å²) in [5.74, 6) is -0.615. The summed E-state index contributed by atoms with van der Waals surface area (Å²) in [4.78, 5) is 12.1. The van der Waals surface area contributed by atoms with Crippen LogP contribution in [0, 0.1) is 6.92 Å². The Bertz CT molecular complexity index is 1040. The van der Waals surface area contributed by atoms with Crippen molar-refractivity contribution >= 4 is 38.5 Å². The van der Waals surface area contributed by atoms with Crippen molar-refractivity contribution in [1.82, 2.24) is 3.97 Å². The van der Waals surface area contributed by atoms with Crippen molar-refractivity contribution < 1.29 is 17.9 Å². The van der Waals surface area contributed by atoms with E-state index in [1.54, 1.807) is 36.4 Å². The molecule has 0 saturated heterocycles. The van der Waals surface area contributed by atoms with Gasteiger partial charge < -0.3 is 4.74 Å². The molecule has 0 saturated carbocycles. The number of ether oxygens (including phenoxy) is 1. The van der Waals surface area contributed by atoms with Gasteiger partial charge in [0.2, 0.25) is 0 Å². The molecular weight excluding hydrogens is 350 g/mol. The first-order valence-electron chi connectivity index (χ1n) is 7.06. The van der Waals surface area contributed by atoms with Crippen molar-refractivity contribution in [2.75, 3.05) is 7.11 Å². The number of fused-ring (bicyclic) bond motifs is 1. The lowest BCUT2D eigenvalue weighted by molar-refractivity contribution is 0.0603. The van der Waals surface area contributed by atoms with Gasteiger partial charge in [-0.2, -0.15) is 0 Å². The molecule has 2 aromatic carbocycles. The van der Waals surface area contributed by atoms with Gasteiger partial charge in [0.15, 0.2) is 0 Å². The first kappa shape index (κ1) is 16.5. The molecule has 24 heavy (non-hydrogen) atoms. The fraction of sp³-hybridized carbons (Fsp3) is 0.118. The summed E-state index contributed by atoms with van der Waals surface area (Å²) in [6, 6.07) is 11.2. The molecule has 0 N–H and O–H groups in total. The van der Waals surface area contributed by atoms with Gasteiger partial charge in [-0.1, -0.05) is 29.3 Å². The summed E-state index contributed by atoms with van der Waals surface area (Å²) in [5.41, 5.74) is 1.47. The molecule has 0 unspecified atom stereocenters. The molecule has 7 heteroatoms. The number of esters is 1. The predicted molar refractivity (Wildman–Crippen MR) is 92.1 cm³/mol. The molecule has 0 radical (unpaired) electrons. The third-order valence-electron chi connectivity index (χ3n) is 3.75. The van der Waals surface area contributed by atoms with Crippen LogP contribution in [0.3, 0.4) is 0 Å². The van der Waals surface area contributed by atoms with Gasteiger partial charge in [-0.25, -0.2) is 17.2 Å². The number of halogens is 1. The Morgan fingerprint density at radius 2 is 1.75 bits per heavy atom. The number of aryl methyl sites for hydroxylation is 1. The molecule has 1 heterocycles. The standard InChI is InChI=1S/C17H14ClNO4S/c1-11-3-5-12(6-4-11)24(21,22)19-10-9-13-15(19)8-7-14(18)16(13)17(20)23-2/h3-10H,1-2H3. The summed E-state index contributed by atoms with van der Waals surface area (Å²) in [6.45, 7) is 1.88. The monoisotopic (exact) mass is 363 g/mol. The van der Waals surface area contributed by atoms with Crippen LogP contribution in [0.15, 0.2) is 53.6 Å². The number of rotatable bonds is 3. The average molecular weight is 364 g/mol. The normalized spacial score (nSPS) is 11.6. The number of nitrogens with zero attached hydrogens (tertiary/aromatic N) is 1. The van der Waals surface area contributed by atoms with Gasteiger partial charge in [-0.05, 0) is 37.3 Å². The van der Waals surface area contributed by atoms with Crippen LogP contribution in [-0.2, 0) is 14.8 Å². The van der Waals surface area contributed by atoms with Crippen molar-refractivity contribution in [3.05, 3.63) is 64.8 Å². The smallest absolute Gasteiger partial charge is 0.340 e. The molecule has 0 spiro atoms. The van der Waals surface area contributed by atoms with E-state index in [1.165, 1.54) is 19.4 Å². The number of carbonyl (C=O) groups excluding carboxylic acids is 1. The quantitative estimate of drug-likeness (QED) is 0.666. The maximum Gasteiger partial charge on any atom is 0.340 e. The van der Waals surface area contributed by atoms with Crippen LogP contribution in [0.25, 0.3) is 10.9 Å². The first-order valence-corrected chi connectivity index (χ1v) is 8.88. The minimum Gasteiger partial charge on any atom is -0.465 e. The molecule has 0 atom stereocenters. The number of benzene rings is 2. The van der Waals surface area contributed by atoms with Crippen molar-refractivity contribution in [2.45, 2.75) is 11.8 Å². The Labute approximate surface area is 144 Å². The summed E-state index contributed by atoms with van der Waals surface area (Å²) >= 11 is 6.08. The van der Waals surface area contributed by atoms with Crippen molar-refractivity contribution in [3.8, 4) is 0 Å². The van der Waals surface area contributed by atoms with E-state index in [4.69, 9.17) is 16.3 Å². The fourth-order valence-corrected chi connectivity index (χ4v) is 4.10. The largest absolute Gasteiger partial charge is 0.465 e. The van der Waals surface area contributed by atoms with Gasteiger partial charge in [0.1, 0.15) is 0 Å². The second-order valence-corrected chi connectivity index (χ2v) is 7.50. The zero-order valence-corrected chi connectivity index (χ0v) is 14.6. The Morgan fingerprint density at radius 1 is 1.08 bits per heavy atom. The number of carbonyl (C=O) groups is 1.